The predicted octanol–water partition coefficient (Wildman–Crippen LogP) is 2.57. The van der Waals surface area contributed by atoms with Gasteiger partial charge in [-0.25, -0.2) is 0 Å². The summed E-state index contributed by atoms with van der Waals surface area (Å²) < 4.78 is 29.0. The number of nitro groups is 1. The molecule has 0 aliphatic rings. The molecule has 0 spiro atoms. The molecule has 2 aromatic carbocycles. The Labute approximate surface area is 126 Å². The van der Waals surface area contributed by atoms with Crippen LogP contribution < -0.4 is 4.18 Å². The van der Waals surface area contributed by atoms with Gasteiger partial charge in [0.1, 0.15) is 10.6 Å². The minimum atomic E-state index is -4.13. The number of hydrogen-bond acceptors (Lipinski definition) is 6. The zero-order valence-electron chi connectivity index (χ0n) is 11.4. The second-order valence-electron chi connectivity index (χ2n) is 4.37. The predicted molar refractivity (Wildman–Crippen MR) is 77.4 cm³/mol. The van der Waals surface area contributed by atoms with Gasteiger partial charge in [0.15, 0.2) is 5.78 Å². The minimum absolute atomic E-state index is 0.149. The van der Waals surface area contributed by atoms with Crippen molar-refractivity contribution in [3.8, 4) is 5.75 Å². The molecule has 2 aromatic rings. The molecular weight excluding hydrogens is 310 g/mol. The number of carbonyl (C=O) groups is 1. The summed E-state index contributed by atoms with van der Waals surface area (Å²) in [5, 5.41) is 10.7. The summed E-state index contributed by atoms with van der Waals surface area (Å²) in [5.41, 5.74) is 0.0916. The molecule has 0 bridgehead atoms. The molecule has 0 aliphatic heterocycles. The van der Waals surface area contributed by atoms with Crippen LogP contribution in [0.4, 0.5) is 5.69 Å². The van der Waals surface area contributed by atoms with E-state index in [1.807, 2.05) is 0 Å². The van der Waals surface area contributed by atoms with Gasteiger partial charge in [-0.3, -0.25) is 14.9 Å². The van der Waals surface area contributed by atoms with E-state index in [1.54, 1.807) is 0 Å². The van der Waals surface area contributed by atoms with Crippen molar-refractivity contribution in [1.82, 2.24) is 0 Å². The normalized spacial score (nSPS) is 11.0. The van der Waals surface area contributed by atoms with Gasteiger partial charge >= 0.3 is 10.1 Å². The molecule has 0 amide bonds. The third-order valence-electron chi connectivity index (χ3n) is 2.78. The van der Waals surface area contributed by atoms with Crippen LogP contribution in [-0.2, 0) is 10.1 Å². The Kier molecular flexibility index (Phi) is 4.22. The maximum Gasteiger partial charge on any atom is 0.339 e. The average molecular weight is 321 g/mol. The zero-order chi connectivity index (χ0) is 16.3. The standard InChI is InChI=1S/C14H11NO6S/c1-10(16)11-5-7-14(8-6-11)22(19,20)21-13-4-2-3-12(9-13)15(17)18/h2-9H,1H3. The molecule has 0 unspecified atom stereocenters. The van der Waals surface area contributed by atoms with E-state index in [2.05, 4.69) is 0 Å². The molecule has 0 aliphatic carbocycles. The zero-order valence-corrected chi connectivity index (χ0v) is 12.2. The van der Waals surface area contributed by atoms with E-state index < -0.39 is 15.0 Å². The lowest BCUT2D eigenvalue weighted by atomic mass is 10.2. The molecule has 22 heavy (non-hydrogen) atoms. The van der Waals surface area contributed by atoms with Crippen molar-refractivity contribution >= 4 is 21.6 Å². The van der Waals surface area contributed by atoms with Gasteiger partial charge < -0.3 is 4.18 Å². The van der Waals surface area contributed by atoms with Crippen LogP contribution in [0.15, 0.2) is 53.4 Å². The Morgan fingerprint density at radius 2 is 1.77 bits per heavy atom. The van der Waals surface area contributed by atoms with Crippen molar-refractivity contribution in [3.05, 3.63) is 64.2 Å². The topological polar surface area (TPSA) is 104 Å². The molecule has 8 heteroatoms. The van der Waals surface area contributed by atoms with E-state index in [0.29, 0.717) is 5.56 Å². The lowest BCUT2D eigenvalue weighted by molar-refractivity contribution is -0.384. The Morgan fingerprint density at radius 3 is 2.32 bits per heavy atom. The van der Waals surface area contributed by atoms with Crippen molar-refractivity contribution in [2.24, 2.45) is 0 Å². The van der Waals surface area contributed by atoms with Gasteiger partial charge in [-0.15, -0.1) is 0 Å². The fraction of sp³-hybridized carbons (Fsp3) is 0.0714. The summed E-state index contributed by atoms with van der Waals surface area (Å²) in [5.74, 6) is -0.353. The van der Waals surface area contributed by atoms with Crippen LogP contribution in [-0.4, -0.2) is 19.1 Å². The second kappa shape index (κ2) is 5.94. The number of non-ortho nitro benzene ring substituents is 1. The lowest BCUT2D eigenvalue weighted by Crippen LogP contribution is -2.10. The van der Waals surface area contributed by atoms with Crippen LogP contribution in [0.1, 0.15) is 17.3 Å². The van der Waals surface area contributed by atoms with Crippen LogP contribution >= 0.6 is 0 Å². The van der Waals surface area contributed by atoms with Crippen LogP contribution in [0.2, 0.25) is 0 Å². The van der Waals surface area contributed by atoms with Crippen molar-refractivity contribution < 1.29 is 22.3 Å². The molecule has 114 valence electrons. The first-order valence-electron chi connectivity index (χ1n) is 6.09. The summed E-state index contributed by atoms with van der Waals surface area (Å²) in [7, 11) is -4.13. The minimum Gasteiger partial charge on any atom is -0.379 e. The third kappa shape index (κ3) is 3.47. The quantitative estimate of drug-likeness (QED) is 0.363. The molecule has 0 saturated carbocycles. The molecule has 0 N–H and O–H groups in total. The summed E-state index contributed by atoms with van der Waals surface area (Å²) in [4.78, 5) is 21.0. The highest BCUT2D eigenvalue weighted by molar-refractivity contribution is 7.87. The Bertz CT molecular complexity index is 827. The van der Waals surface area contributed by atoms with Crippen LogP contribution in [0, 0.1) is 10.1 Å². The second-order valence-corrected chi connectivity index (χ2v) is 5.92. The molecule has 0 aromatic heterocycles. The van der Waals surface area contributed by atoms with Crippen molar-refractivity contribution in [3.63, 3.8) is 0 Å². The van der Waals surface area contributed by atoms with E-state index in [-0.39, 0.29) is 22.1 Å². The Morgan fingerprint density at radius 1 is 1.14 bits per heavy atom. The summed E-state index contributed by atoms with van der Waals surface area (Å²) >= 11 is 0. The first-order valence-corrected chi connectivity index (χ1v) is 7.50. The monoisotopic (exact) mass is 321 g/mol. The van der Waals surface area contributed by atoms with E-state index in [9.17, 15) is 23.3 Å². The van der Waals surface area contributed by atoms with Crippen molar-refractivity contribution in [1.29, 1.82) is 0 Å². The van der Waals surface area contributed by atoms with Gasteiger partial charge in [-0.1, -0.05) is 18.2 Å². The number of Topliss-reactive ketones (excluding diaryl/α,β-unsaturated/α-hetero) is 1. The smallest absolute Gasteiger partial charge is 0.339 e. The van der Waals surface area contributed by atoms with Crippen molar-refractivity contribution in [2.75, 3.05) is 0 Å². The highest BCUT2D eigenvalue weighted by Crippen LogP contribution is 2.23. The Hall–Kier alpha value is -2.74. The summed E-state index contributed by atoms with van der Waals surface area (Å²) in [6.07, 6.45) is 0. The maximum atomic E-state index is 12.1. The lowest BCUT2D eigenvalue weighted by Gasteiger charge is -2.07. The molecule has 0 heterocycles. The van der Waals surface area contributed by atoms with Gasteiger partial charge in [0.2, 0.25) is 0 Å². The molecule has 0 radical (unpaired) electrons. The molecule has 7 nitrogen and oxygen atoms in total. The van der Waals surface area contributed by atoms with E-state index in [1.165, 1.54) is 49.4 Å². The number of ketones is 1. The highest BCUT2D eigenvalue weighted by atomic mass is 32.2. The van der Waals surface area contributed by atoms with Gasteiger partial charge in [0.25, 0.3) is 5.69 Å². The number of rotatable bonds is 5. The van der Waals surface area contributed by atoms with E-state index in [4.69, 9.17) is 4.18 Å². The first kappa shape index (κ1) is 15.6. The van der Waals surface area contributed by atoms with Crippen LogP contribution in [0.3, 0.4) is 0 Å². The van der Waals surface area contributed by atoms with E-state index in [0.717, 1.165) is 6.07 Å². The largest absolute Gasteiger partial charge is 0.379 e. The van der Waals surface area contributed by atoms with Gasteiger partial charge in [0, 0.05) is 11.6 Å². The number of hydrogen-bond donors (Lipinski definition) is 0. The van der Waals surface area contributed by atoms with Gasteiger partial charge in [-0.05, 0) is 25.1 Å². The summed E-state index contributed by atoms with van der Waals surface area (Å²) in [6.45, 7) is 1.36. The molecule has 0 atom stereocenters. The average Bonchev–Trinajstić information content (AvgIpc) is 2.47. The SMILES string of the molecule is CC(=O)c1ccc(S(=O)(=O)Oc2cccc([N+](=O)[O-])c2)cc1. The third-order valence-corrected chi connectivity index (χ3v) is 4.05. The first-order chi connectivity index (χ1) is 10.3. The number of nitro benzene ring substituents is 1. The molecule has 2 rings (SSSR count). The fourth-order valence-corrected chi connectivity index (χ4v) is 2.60. The molecular formula is C14H11NO6S. The summed E-state index contributed by atoms with van der Waals surface area (Å²) in [6, 6.07) is 10.1. The molecule has 0 fully saturated rings. The van der Waals surface area contributed by atoms with Crippen LogP contribution in [0.5, 0.6) is 5.75 Å². The maximum absolute atomic E-state index is 12.1. The fourth-order valence-electron chi connectivity index (χ4n) is 1.68. The Balaban J connectivity index is 2.29. The highest BCUT2D eigenvalue weighted by Gasteiger charge is 2.18. The van der Waals surface area contributed by atoms with Gasteiger partial charge in [0.05, 0.1) is 11.0 Å². The number of carbonyl (C=O) groups excluding carboxylic acids is 1. The molecule has 0 saturated heterocycles. The van der Waals surface area contributed by atoms with Crippen molar-refractivity contribution in [2.45, 2.75) is 11.8 Å². The van der Waals surface area contributed by atoms with Gasteiger partial charge in [-0.2, -0.15) is 8.42 Å². The number of benzene rings is 2. The van der Waals surface area contributed by atoms with Crippen LogP contribution in [0.25, 0.3) is 0 Å². The van der Waals surface area contributed by atoms with E-state index >= 15 is 0 Å². The number of nitrogens with zero attached hydrogens (tertiary/aromatic N) is 1.